The highest BCUT2D eigenvalue weighted by Gasteiger charge is 2.29. The molecular weight excluding hydrogens is 709 g/mol. The van der Waals surface area contributed by atoms with Crippen molar-refractivity contribution >= 4 is 46.8 Å². The number of carbonyl (C=O) groups is 3. The van der Waals surface area contributed by atoms with Gasteiger partial charge in [-0.25, -0.2) is 9.78 Å². The van der Waals surface area contributed by atoms with Gasteiger partial charge >= 0.3 is 6.09 Å². The molecule has 0 radical (unpaired) electrons. The number of amides is 3. The highest BCUT2D eigenvalue weighted by atomic mass is 35.5. The van der Waals surface area contributed by atoms with Crippen molar-refractivity contribution in [3.05, 3.63) is 87.8 Å². The number of hydrogen-bond donors (Lipinski definition) is 4. The Morgan fingerprint density at radius 2 is 1.87 bits per heavy atom. The van der Waals surface area contributed by atoms with Crippen LogP contribution in [-0.2, 0) is 22.6 Å². The van der Waals surface area contributed by atoms with Gasteiger partial charge in [0.2, 0.25) is 11.8 Å². The van der Waals surface area contributed by atoms with E-state index >= 15 is 0 Å². The number of rotatable bonds is 13. The summed E-state index contributed by atoms with van der Waals surface area (Å²) >= 11 is 13.8. The molecule has 1 fully saturated rings. The molecule has 1 aliphatic heterocycles. The Kier molecular flexibility index (Phi) is 12.7. The number of nitrogens with one attached hydrogen (secondary N) is 3. The van der Waals surface area contributed by atoms with E-state index in [4.69, 9.17) is 42.8 Å². The van der Waals surface area contributed by atoms with Gasteiger partial charge in [0.1, 0.15) is 11.3 Å². The number of methoxy groups -OCH3 is 1. The molecule has 1 saturated heterocycles. The molecule has 0 aliphatic carbocycles. The van der Waals surface area contributed by atoms with Gasteiger partial charge < -0.3 is 35.4 Å². The molecule has 3 aromatic heterocycles. The van der Waals surface area contributed by atoms with E-state index < -0.39 is 17.6 Å². The first kappa shape index (κ1) is 38.4. The zero-order valence-corrected chi connectivity index (χ0v) is 30.8. The highest BCUT2D eigenvalue weighted by Crippen LogP contribution is 2.40. The van der Waals surface area contributed by atoms with Crippen LogP contribution in [0, 0.1) is 0 Å². The number of benzene rings is 1. The van der Waals surface area contributed by atoms with Crippen LogP contribution in [0.3, 0.4) is 0 Å². The topological polar surface area (TPSA) is 168 Å². The summed E-state index contributed by atoms with van der Waals surface area (Å²) in [6.07, 6.45) is 3.68. The number of halogens is 2. The van der Waals surface area contributed by atoms with Crippen LogP contribution in [0.5, 0.6) is 5.88 Å². The fourth-order valence-corrected chi connectivity index (χ4v) is 6.11. The summed E-state index contributed by atoms with van der Waals surface area (Å²) in [6.45, 7) is 6.77. The van der Waals surface area contributed by atoms with Gasteiger partial charge in [0.15, 0.2) is 0 Å². The number of aromatic nitrogens is 3. The molecule has 1 atom stereocenters. The Hall–Kier alpha value is -4.82. The zero-order valence-electron chi connectivity index (χ0n) is 29.3. The van der Waals surface area contributed by atoms with Crippen molar-refractivity contribution in [2.24, 2.45) is 0 Å². The Bertz CT molecular complexity index is 1920. The second kappa shape index (κ2) is 17.1. The van der Waals surface area contributed by atoms with Gasteiger partial charge in [0.05, 0.1) is 47.4 Å². The molecule has 0 spiro atoms. The van der Waals surface area contributed by atoms with Crippen LogP contribution in [0.15, 0.2) is 60.9 Å². The van der Waals surface area contributed by atoms with Crippen LogP contribution in [0.25, 0.3) is 22.5 Å². The summed E-state index contributed by atoms with van der Waals surface area (Å²) in [5.74, 6) is -0.217. The molecule has 1 aromatic carbocycles. The Morgan fingerprint density at radius 3 is 2.54 bits per heavy atom. The minimum Gasteiger partial charge on any atom is -0.481 e. The van der Waals surface area contributed by atoms with E-state index in [1.54, 1.807) is 81.7 Å². The van der Waals surface area contributed by atoms with Crippen molar-refractivity contribution in [3.8, 4) is 28.4 Å². The Balaban J connectivity index is 1.37. The first-order valence-electron chi connectivity index (χ1n) is 16.7. The zero-order chi connectivity index (χ0) is 37.4. The molecule has 4 N–H and O–H groups in total. The predicted octanol–water partition coefficient (Wildman–Crippen LogP) is 5.87. The molecule has 0 bridgehead atoms. The number of carbonyl (C=O) groups excluding carboxylic acids is 3. The number of aliphatic hydroxyl groups is 1. The number of aliphatic hydroxyl groups excluding tert-OH is 1. The standard InChI is InChI=1S/C37H41Cl2N7O6/c1-37(2,3)52-36(50)46(21-24-10-13-30(48)43-24)20-23-9-12-27(45-35(23)51-4)25-14-15-41-33(32(25)39)26-6-5-7-28(31(26)38)44-34(49)29-11-8-22(19-42-29)18-40-16-17-47/h5-9,11-12,14-15,19,24,40,47H,10,13,16-18,20-21H2,1-4H3,(H,43,48)(H,44,49)/t24-/m0/s1. The predicted molar refractivity (Wildman–Crippen MR) is 198 cm³/mol. The molecule has 15 heteroatoms. The average Bonchev–Trinajstić information content (AvgIpc) is 3.53. The number of anilines is 1. The smallest absolute Gasteiger partial charge is 0.410 e. The minimum atomic E-state index is -0.715. The number of pyridine rings is 3. The van der Waals surface area contributed by atoms with E-state index in [1.807, 2.05) is 0 Å². The van der Waals surface area contributed by atoms with E-state index in [1.165, 1.54) is 12.0 Å². The summed E-state index contributed by atoms with van der Waals surface area (Å²) in [6, 6.07) is 13.6. The van der Waals surface area contributed by atoms with Gasteiger partial charge in [-0.3, -0.25) is 19.6 Å². The molecule has 4 heterocycles. The van der Waals surface area contributed by atoms with Crippen molar-refractivity contribution in [1.29, 1.82) is 0 Å². The minimum absolute atomic E-state index is 0.0278. The van der Waals surface area contributed by atoms with Gasteiger partial charge in [-0.1, -0.05) is 41.4 Å². The van der Waals surface area contributed by atoms with Crippen LogP contribution in [-0.4, -0.2) is 81.3 Å². The van der Waals surface area contributed by atoms with Crippen LogP contribution >= 0.6 is 23.2 Å². The molecule has 5 rings (SSSR count). The Morgan fingerprint density at radius 1 is 1.06 bits per heavy atom. The van der Waals surface area contributed by atoms with Crippen molar-refractivity contribution in [1.82, 2.24) is 30.5 Å². The molecule has 3 amide bonds. The summed E-state index contributed by atoms with van der Waals surface area (Å²) in [4.78, 5) is 53.2. The lowest BCUT2D eigenvalue weighted by atomic mass is 10.1. The fraction of sp³-hybridized carbons (Fsp3) is 0.351. The molecule has 1 aliphatic rings. The SMILES string of the molecule is COc1nc(-c2ccnc(-c3cccc(NC(=O)c4ccc(CNCCO)cn4)c3Cl)c2Cl)ccc1CN(C[C@@H]1CCC(=O)N1)C(=O)OC(C)(C)C. The van der Waals surface area contributed by atoms with E-state index in [2.05, 4.69) is 25.9 Å². The molecular formula is C37H41Cl2N7O6. The highest BCUT2D eigenvalue weighted by molar-refractivity contribution is 6.39. The van der Waals surface area contributed by atoms with Crippen LogP contribution in [0.1, 0.15) is 55.2 Å². The Labute approximate surface area is 312 Å². The first-order chi connectivity index (χ1) is 24.9. The van der Waals surface area contributed by atoms with Crippen LogP contribution in [0.2, 0.25) is 10.0 Å². The lowest BCUT2D eigenvalue weighted by Gasteiger charge is -2.29. The number of nitrogens with zero attached hydrogens (tertiary/aromatic N) is 4. The third kappa shape index (κ3) is 9.73. The van der Waals surface area contributed by atoms with Crippen molar-refractivity contribution in [2.75, 3.05) is 32.1 Å². The van der Waals surface area contributed by atoms with E-state index in [0.29, 0.717) is 59.7 Å². The van der Waals surface area contributed by atoms with E-state index in [-0.39, 0.29) is 53.3 Å². The van der Waals surface area contributed by atoms with Crippen molar-refractivity contribution in [3.63, 3.8) is 0 Å². The number of ether oxygens (including phenoxy) is 2. The molecule has 0 unspecified atom stereocenters. The molecule has 52 heavy (non-hydrogen) atoms. The summed E-state index contributed by atoms with van der Waals surface area (Å²) < 4.78 is 11.3. The van der Waals surface area contributed by atoms with Crippen LogP contribution < -0.4 is 20.7 Å². The van der Waals surface area contributed by atoms with Gasteiger partial charge in [-0.05, 0) is 63.1 Å². The van der Waals surface area contributed by atoms with Crippen LogP contribution in [0.4, 0.5) is 10.5 Å². The maximum absolute atomic E-state index is 13.2. The fourth-order valence-electron chi connectivity index (χ4n) is 5.53. The quantitative estimate of drug-likeness (QED) is 0.121. The lowest BCUT2D eigenvalue weighted by molar-refractivity contribution is -0.119. The van der Waals surface area contributed by atoms with Gasteiger partial charge in [-0.15, -0.1) is 0 Å². The molecule has 13 nitrogen and oxygen atoms in total. The van der Waals surface area contributed by atoms with Crippen molar-refractivity contribution < 1.29 is 29.0 Å². The van der Waals surface area contributed by atoms with E-state index in [0.717, 1.165) is 5.56 Å². The normalized spacial score (nSPS) is 14.1. The van der Waals surface area contributed by atoms with Gasteiger partial charge in [0, 0.05) is 61.2 Å². The second-order valence-corrected chi connectivity index (χ2v) is 13.9. The van der Waals surface area contributed by atoms with Gasteiger partial charge in [0.25, 0.3) is 5.91 Å². The first-order valence-corrected chi connectivity index (χ1v) is 17.4. The monoisotopic (exact) mass is 749 g/mol. The summed E-state index contributed by atoms with van der Waals surface area (Å²) in [5, 5.41) is 18.2. The van der Waals surface area contributed by atoms with E-state index in [9.17, 15) is 14.4 Å². The van der Waals surface area contributed by atoms with Gasteiger partial charge in [-0.2, -0.15) is 0 Å². The number of hydrogen-bond acceptors (Lipinski definition) is 10. The maximum Gasteiger partial charge on any atom is 0.410 e. The lowest BCUT2D eigenvalue weighted by Crippen LogP contribution is -2.43. The molecule has 274 valence electrons. The van der Waals surface area contributed by atoms with Crippen molar-refractivity contribution in [2.45, 2.75) is 58.3 Å². The third-order valence-corrected chi connectivity index (χ3v) is 8.80. The summed E-state index contributed by atoms with van der Waals surface area (Å²) in [7, 11) is 1.49. The largest absolute Gasteiger partial charge is 0.481 e. The maximum atomic E-state index is 13.2. The average molecular weight is 751 g/mol. The third-order valence-electron chi connectivity index (χ3n) is 8.01. The molecule has 0 saturated carbocycles. The summed E-state index contributed by atoms with van der Waals surface area (Å²) in [5.41, 5.74) is 3.23. The second-order valence-electron chi connectivity index (χ2n) is 13.1. The molecule has 4 aromatic rings.